The molecular weight excluding hydrogens is 363 g/mol. The molecule has 2 fully saturated rings. The number of primary amides is 1. The monoisotopic (exact) mass is 388 g/mol. The highest BCUT2D eigenvalue weighted by Gasteiger charge is 2.69. The number of hydrogen-bond donors (Lipinski definition) is 3. The maximum absolute atomic E-state index is 14.2. The van der Waals surface area contributed by atoms with Crippen molar-refractivity contribution in [2.75, 3.05) is 20.3 Å². The van der Waals surface area contributed by atoms with Crippen molar-refractivity contribution in [3.63, 3.8) is 0 Å². The average molecular weight is 388 g/mol. The predicted octanol–water partition coefficient (Wildman–Crippen LogP) is 0.762. The second kappa shape index (κ2) is 6.56. The van der Waals surface area contributed by atoms with Crippen molar-refractivity contribution in [2.24, 2.45) is 23.5 Å². The van der Waals surface area contributed by atoms with Gasteiger partial charge < -0.3 is 21.2 Å². The van der Waals surface area contributed by atoms with Gasteiger partial charge in [0.15, 0.2) is 0 Å². The lowest BCUT2D eigenvalue weighted by molar-refractivity contribution is -0.132. The standard InChI is InChI=1S/C20H25FN4O3/c1-10-12(5-4-6-15(10)21)11(2)25-20(19(22)27,7-16(24-25)18(26)23-3)17-13-8-28-9-14(13)17/h4-7,11,13-14,17,24H,8-9H2,1-3H3,(H2,22,27)(H,23,26)/t11-,13-,14+,17?,20?/m1/s1. The lowest BCUT2D eigenvalue weighted by Crippen LogP contribution is -2.60. The first-order chi connectivity index (χ1) is 13.3. The minimum absolute atomic E-state index is 0.0512. The minimum Gasteiger partial charge on any atom is -0.381 e. The van der Waals surface area contributed by atoms with Gasteiger partial charge in [-0.3, -0.25) is 9.59 Å². The Morgan fingerprint density at radius 3 is 2.68 bits per heavy atom. The zero-order valence-corrected chi connectivity index (χ0v) is 16.2. The summed E-state index contributed by atoms with van der Waals surface area (Å²) < 4.78 is 19.7. The smallest absolute Gasteiger partial charge is 0.268 e. The molecule has 8 heteroatoms. The number of nitrogens with one attached hydrogen (secondary N) is 2. The van der Waals surface area contributed by atoms with Gasteiger partial charge in [0.25, 0.3) is 5.91 Å². The number of hydrogen-bond acceptors (Lipinski definition) is 5. The molecule has 150 valence electrons. The van der Waals surface area contributed by atoms with Crippen molar-refractivity contribution in [3.8, 4) is 0 Å². The molecule has 2 aliphatic heterocycles. The van der Waals surface area contributed by atoms with E-state index in [1.165, 1.54) is 13.1 Å². The van der Waals surface area contributed by atoms with Gasteiger partial charge in [0.1, 0.15) is 17.1 Å². The van der Waals surface area contributed by atoms with Crippen LogP contribution in [0, 0.1) is 30.5 Å². The molecule has 2 amide bonds. The van der Waals surface area contributed by atoms with Crippen molar-refractivity contribution < 1.29 is 18.7 Å². The Hall–Kier alpha value is -2.45. The molecule has 2 unspecified atom stereocenters. The van der Waals surface area contributed by atoms with Crippen LogP contribution in [0.5, 0.6) is 0 Å². The highest BCUT2D eigenvalue weighted by molar-refractivity contribution is 5.97. The Kier molecular flexibility index (Phi) is 4.43. The summed E-state index contributed by atoms with van der Waals surface area (Å²) in [6.07, 6.45) is 1.64. The predicted molar refractivity (Wildman–Crippen MR) is 99.9 cm³/mol. The zero-order chi connectivity index (χ0) is 20.2. The summed E-state index contributed by atoms with van der Waals surface area (Å²) in [5, 5.41) is 4.31. The fraction of sp³-hybridized carbons (Fsp3) is 0.500. The number of amides is 2. The van der Waals surface area contributed by atoms with Gasteiger partial charge >= 0.3 is 0 Å². The number of nitrogens with zero attached hydrogens (tertiary/aromatic N) is 1. The molecule has 0 spiro atoms. The van der Waals surface area contributed by atoms with E-state index in [1.54, 1.807) is 24.1 Å². The largest absolute Gasteiger partial charge is 0.381 e. The van der Waals surface area contributed by atoms with Crippen molar-refractivity contribution in [2.45, 2.75) is 25.4 Å². The van der Waals surface area contributed by atoms with Crippen LogP contribution in [-0.4, -0.2) is 42.6 Å². The van der Waals surface area contributed by atoms with Crippen LogP contribution in [0.2, 0.25) is 0 Å². The van der Waals surface area contributed by atoms with Crippen LogP contribution in [0.1, 0.15) is 24.1 Å². The van der Waals surface area contributed by atoms with E-state index in [0.29, 0.717) is 18.8 Å². The lowest BCUT2D eigenvalue weighted by Gasteiger charge is -2.40. The molecule has 2 heterocycles. The molecule has 1 aromatic carbocycles. The Balaban J connectivity index is 1.79. The van der Waals surface area contributed by atoms with Gasteiger partial charge in [-0.25, -0.2) is 4.39 Å². The molecule has 0 aromatic heterocycles. The van der Waals surface area contributed by atoms with E-state index in [4.69, 9.17) is 10.5 Å². The number of likely N-dealkylation sites (N-methyl/N-ethyl adjacent to an activating group) is 1. The number of carbonyl (C=O) groups is 2. The fourth-order valence-corrected chi connectivity index (χ4v) is 4.93. The number of ether oxygens (including phenoxy) is 1. The molecule has 4 rings (SSSR count). The van der Waals surface area contributed by atoms with E-state index in [0.717, 1.165) is 5.56 Å². The van der Waals surface area contributed by atoms with Crippen LogP contribution in [0.3, 0.4) is 0 Å². The van der Waals surface area contributed by atoms with Crippen LogP contribution in [0.25, 0.3) is 0 Å². The van der Waals surface area contributed by atoms with Gasteiger partial charge in [-0.2, -0.15) is 5.01 Å². The topological polar surface area (TPSA) is 96.7 Å². The molecule has 1 saturated heterocycles. The molecule has 5 atom stereocenters. The van der Waals surface area contributed by atoms with Crippen LogP contribution < -0.4 is 16.5 Å². The SMILES string of the molecule is CNC(=O)C1=CC(C(N)=O)(C2[C@H]3COC[C@@H]23)N([C@H](C)c2cccc(F)c2C)N1. The van der Waals surface area contributed by atoms with Gasteiger partial charge in [-0.15, -0.1) is 0 Å². The summed E-state index contributed by atoms with van der Waals surface area (Å²) in [6.45, 7) is 4.74. The third kappa shape index (κ3) is 2.55. The first kappa shape index (κ1) is 18.9. The van der Waals surface area contributed by atoms with E-state index in [1.807, 2.05) is 13.0 Å². The Morgan fingerprint density at radius 2 is 2.07 bits per heavy atom. The van der Waals surface area contributed by atoms with Crippen LogP contribution in [-0.2, 0) is 14.3 Å². The third-order valence-corrected chi connectivity index (χ3v) is 6.48. The molecule has 7 nitrogen and oxygen atoms in total. The Bertz CT molecular complexity index is 863. The summed E-state index contributed by atoms with van der Waals surface area (Å²) in [7, 11) is 1.53. The molecule has 0 bridgehead atoms. The van der Waals surface area contributed by atoms with Gasteiger partial charge in [0.2, 0.25) is 5.91 Å². The number of halogens is 1. The second-order valence-corrected chi connectivity index (χ2v) is 7.83. The average Bonchev–Trinajstić information content (AvgIpc) is 3.04. The maximum Gasteiger partial charge on any atom is 0.268 e. The van der Waals surface area contributed by atoms with E-state index >= 15 is 0 Å². The van der Waals surface area contributed by atoms with Gasteiger partial charge in [-0.1, -0.05) is 12.1 Å². The normalized spacial score (nSPS) is 32.3. The van der Waals surface area contributed by atoms with Crippen molar-refractivity contribution in [1.29, 1.82) is 0 Å². The minimum atomic E-state index is -1.18. The molecule has 28 heavy (non-hydrogen) atoms. The summed E-state index contributed by atoms with van der Waals surface area (Å²) in [5.41, 5.74) is 9.35. The summed E-state index contributed by atoms with van der Waals surface area (Å²) >= 11 is 0. The number of rotatable bonds is 5. The maximum atomic E-state index is 14.2. The summed E-state index contributed by atoms with van der Waals surface area (Å²) in [6, 6.07) is 4.47. The van der Waals surface area contributed by atoms with E-state index in [2.05, 4.69) is 10.7 Å². The number of fused-ring (bicyclic) bond motifs is 1. The molecule has 4 N–H and O–H groups in total. The highest BCUT2D eigenvalue weighted by Crippen LogP contribution is 2.60. The quantitative estimate of drug-likeness (QED) is 0.692. The number of benzene rings is 1. The molecular formula is C20H25FN4O3. The molecule has 1 aromatic rings. The fourth-order valence-electron chi connectivity index (χ4n) is 4.93. The van der Waals surface area contributed by atoms with Crippen LogP contribution in [0.15, 0.2) is 30.0 Å². The summed E-state index contributed by atoms with van der Waals surface area (Å²) in [5.74, 6) is -0.789. The Labute approximate surface area is 163 Å². The third-order valence-electron chi connectivity index (χ3n) is 6.48. The lowest BCUT2D eigenvalue weighted by atomic mass is 9.86. The van der Waals surface area contributed by atoms with E-state index in [9.17, 15) is 14.0 Å². The number of carbonyl (C=O) groups excluding carboxylic acids is 2. The summed E-state index contributed by atoms with van der Waals surface area (Å²) in [4.78, 5) is 25.2. The van der Waals surface area contributed by atoms with Gasteiger partial charge in [-0.05, 0) is 49.0 Å². The zero-order valence-electron chi connectivity index (χ0n) is 16.2. The van der Waals surface area contributed by atoms with Crippen LogP contribution >= 0.6 is 0 Å². The Morgan fingerprint density at radius 1 is 1.39 bits per heavy atom. The highest BCUT2D eigenvalue weighted by atomic mass is 19.1. The molecule has 1 aliphatic carbocycles. The second-order valence-electron chi connectivity index (χ2n) is 7.83. The van der Waals surface area contributed by atoms with Crippen molar-refractivity contribution in [1.82, 2.24) is 15.8 Å². The van der Waals surface area contributed by atoms with E-state index < -0.39 is 17.5 Å². The van der Waals surface area contributed by atoms with Gasteiger partial charge in [0.05, 0.1) is 19.3 Å². The van der Waals surface area contributed by atoms with E-state index in [-0.39, 0.29) is 35.2 Å². The van der Waals surface area contributed by atoms with Gasteiger partial charge in [0, 0.05) is 13.0 Å². The molecule has 3 aliphatic rings. The van der Waals surface area contributed by atoms with Crippen LogP contribution in [0.4, 0.5) is 4.39 Å². The first-order valence-electron chi connectivity index (χ1n) is 9.46. The number of hydrazine groups is 1. The van der Waals surface area contributed by atoms with Crippen molar-refractivity contribution >= 4 is 11.8 Å². The first-order valence-corrected chi connectivity index (χ1v) is 9.46. The van der Waals surface area contributed by atoms with Crippen molar-refractivity contribution in [3.05, 3.63) is 46.9 Å². The molecule has 0 radical (unpaired) electrons. The number of nitrogens with two attached hydrogens (primary N) is 1. The molecule has 1 saturated carbocycles.